The van der Waals surface area contributed by atoms with Crippen LogP contribution < -0.4 is 9.46 Å². The lowest BCUT2D eigenvalue weighted by molar-refractivity contribution is 0.134. The van der Waals surface area contributed by atoms with Crippen LogP contribution in [-0.4, -0.2) is 33.8 Å². The summed E-state index contributed by atoms with van der Waals surface area (Å²) in [6.45, 7) is 2.12. The van der Waals surface area contributed by atoms with E-state index in [1.54, 1.807) is 12.1 Å². The molecular formula is C15H23NO4S. The van der Waals surface area contributed by atoms with E-state index in [-0.39, 0.29) is 23.5 Å². The summed E-state index contributed by atoms with van der Waals surface area (Å²) in [7, 11) is -2.19. The molecule has 0 heterocycles. The van der Waals surface area contributed by atoms with Crippen molar-refractivity contribution < 1.29 is 18.3 Å². The zero-order valence-corrected chi connectivity index (χ0v) is 13.4. The van der Waals surface area contributed by atoms with Crippen molar-refractivity contribution in [2.75, 3.05) is 20.3 Å². The molecule has 1 aliphatic carbocycles. The number of aliphatic hydroxyl groups excluding tert-OH is 1. The monoisotopic (exact) mass is 313 g/mol. The highest BCUT2D eigenvalue weighted by Gasteiger charge is 2.34. The molecule has 0 saturated heterocycles. The van der Waals surface area contributed by atoms with Gasteiger partial charge in [0.1, 0.15) is 10.6 Å². The van der Waals surface area contributed by atoms with Crippen LogP contribution in [0.15, 0.2) is 23.1 Å². The second-order valence-corrected chi connectivity index (χ2v) is 7.58. The topological polar surface area (TPSA) is 75.6 Å². The lowest BCUT2D eigenvalue weighted by Crippen LogP contribution is -2.38. The van der Waals surface area contributed by atoms with Crippen LogP contribution in [0.4, 0.5) is 0 Å². The van der Waals surface area contributed by atoms with Crippen molar-refractivity contribution in [3.05, 3.63) is 23.8 Å². The first-order chi connectivity index (χ1) is 9.92. The minimum atomic E-state index is -3.65. The maximum atomic E-state index is 12.5. The molecule has 5 nitrogen and oxygen atoms in total. The number of methoxy groups -OCH3 is 1. The fraction of sp³-hybridized carbons (Fsp3) is 0.600. The molecular weight excluding hydrogens is 290 g/mol. The Morgan fingerprint density at radius 3 is 2.57 bits per heavy atom. The molecule has 2 N–H and O–H groups in total. The molecule has 1 aromatic rings. The van der Waals surface area contributed by atoms with Gasteiger partial charge >= 0.3 is 0 Å². The first-order valence-corrected chi connectivity index (χ1v) is 8.66. The second kappa shape index (κ2) is 6.34. The molecule has 1 aliphatic rings. The van der Waals surface area contributed by atoms with Crippen LogP contribution >= 0.6 is 0 Å². The minimum absolute atomic E-state index is 0.0144. The SMILES string of the molecule is COc1ccc(C)cc1S(=O)(=O)NCC1(CO)CCCC1. The number of hydrogen-bond acceptors (Lipinski definition) is 4. The Balaban J connectivity index is 2.20. The van der Waals surface area contributed by atoms with Crippen LogP contribution in [0.25, 0.3) is 0 Å². The van der Waals surface area contributed by atoms with E-state index < -0.39 is 10.0 Å². The Hall–Kier alpha value is -1.11. The number of benzene rings is 1. The normalized spacial score (nSPS) is 17.9. The molecule has 6 heteroatoms. The largest absolute Gasteiger partial charge is 0.495 e. The maximum absolute atomic E-state index is 12.5. The van der Waals surface area contributed by atoms with Gasteiger partial charge in [-0.3, -0.25) is 0 Å². The summed E-state index contributed by atoms with van der Waals surface area (Å²) in [6, 6.07) is 5.06. The van der Waals surface area contributed by atoms with Crippen LogP contribution in [0.1, 0.15) is 31.2 Å². The van der Waals surface area contributed by atoms with Crippen molar-refractivity contribution >= 4 is 10.0 Å². The van der Waals surface area contributed by atoms with Crippen molar-refractivity contribution in [2.24, 2.45) is 5.41 Å². The lowest BCUT2D eigenvalue weighted by Gasteiger charge is -2.26. The first-order valence-electron chi connectivity index (χ1n) is 7.18. The third-order valence-electron chi connectivity index (χ3n) is 4.25. The average molecular weight is 313 g/mol. The molecule has 21 heavy (non-hydrogen) atoms. The van der Waals surface area contributed by atoms with Gasteiger partial charge in [-0.2, -0.15) is 0 Å². The number of ether oxygens (including phenoxy) is 1. The van der Waals surface area contributed by atoms with Gasteiger partial charge in [0.25, 0.3) is 0 Å². The van der Waals surface area contributed by atoms with Gasteiger partial charge in [-0.1, -0.05) is 18.9 Å². The third-order valence-corrected chi connectivity index (χ3v) is 5.67. The summed E-state index contributed by atoms with van der Waals surface area (Å²) in [5, 5.41) is 9.57. The third kappa shape index (κ3) is 3.56. The standard InChI is InChI=1S/C15H23NO4S/c1-12-5-6-13(20-2)14(9-12)21(18,19)16-10-15(11-17)7-3-4-8-15/h5-6,9,16-17H,3-4,7-8,10-11H2,1-2H3. The highest BCUT2D eigenvalue weighted by molar-refractivity contribution is 7.89. The quantitative estimate of drug-likeness (QED) is 0.840. The summed E-state index contributed by atoms with van der Waals surface area (Å²) in [5.41, 5.74) is 0.540. The molecule has 0 aliphatic heterocycles. The number of rotatable bonds is 6. The fourth-order valence-electron chi connectivity index (χ4n) is 2.84. The van der Waals surface area contributed by atoms with Crippen molar-refractivity contribution in [3.63, 3.8) is 0 Å². The predicted octanol–water partition coefficient (Wildman–Crippen LogP) is 1.83. The summed E-state index contributed by atoms with van der Waals surface area (Å²) in [4.78, 5) is 0.149. The number of hydrogen-bond donors (Lipinski definition) is 2. The van der Waals surface area contributed by atoms with E-state index >= 15 is 0 Å². The molecule has 0 aromatic heterocycles. The Kier molecular flexibility index (Phi) is 4.91. The summed E-state index contributed by atoms with van der Waals surface area (Å²) in [6.07, 6.45) is 3.79. The zero-order valence-electron chi connectivity index (χ0n) is 12.6. The maximum Gasteiger partial charge on any atom is 0.244 e. The highest BCUT2D eigenvalue weighted by atomic mass is 32.2. The molecule has 1 aromatic carbocycles. The molecule has 2 rings (SSSR count). The van der Waals surface area contributed by atoms with Crippen molar-refractivity contribution in [1.29, 1.82) is 0 Å². The van der Waals surface area contributed by atoms with Crippen LogP contribution in [0.3, 0.4) is 0 Å². The lowest BCUT2D eigenvalue weighted by atomic mass is 9.88. The first kappa shape index (κ1) is 16.3. The molecule has 1 fully saturated rings. The molecule has 0 amide bonds. The van der Waals surface area contributed by atoms with Crippen LogP contribution in [0.2, 0.25) is 0 Å². The molecule has 0 unspecified atom stereocenters. The van der Waals surface area contributed by atoms with Gasteiger partial charge in [-0.15, -0.1) is 0 Å². The van der Waals surface area contributed by atoms with Crippen LogP contribution in [0.5, 0.6) is 5.75 Å². The Bertz CT molecular complexity index is 592. The number of aliphatic hydroxyl groups is 1. The minimum Gasteiger partial charge on any atom is -0.495 e. The second-order valence-electron chi connectivity index (χ2n) is 5.84. The summed E-state index contributed by atoms with van der Waals surface area (Å²) >= 11 is 0. The van der Waals surface area contributed by atoms with Gasteiger partial charge < -0.3 is 9.84 Å². The Morgan fingerprint density at radius 2 is 2.00 bits per heavy atom. The van der Waals surface area contributed by atoms with Gasteiger partial charge in [0.2, 0.25) is 10.0 Å². The van der Waals surface area contributed by atoms with E-state index in [1.807, 2.05) is 13.0 Å². The molecule has 118 valence electrons. The zero-order chi connectivity index (χ0) is 15.5. The Morgan fingerprint density at radius 1 is 1.33 bits per heavy atom. The average Bonchev–Trinajstić information content (AvgIpc) is 2.95. The van der Waals surface area contributed by atoms with Gasteiger partial charge in [0.05, 0.1) is 7.11 Å². The van der Waals surface area contributed by atoms with E-state index in [9.17, 15) is 13.5 Å². The Labute approximate surface area is 126 Å². The number of nitrogens with one attached hydrogen (secondary N) is 1. The van der Waals surface area contributed by atoms with Gasteiger partial charge in [0.15, 0.2) is 0 Å². The summed E-state index contributed by atoms with van der Waals surface area (Å²) < 4.78 is 32.8. The smallest absolute Gasteiger partial charge is 0.244 e. The van der Waals surface area contributed by atoms with Crippen LogP contribution in [0, 0.1) is 12.3 Å². The molecule has 0 spiro atoms. The van der Waals surface area contributed by atoms with Gasteiger partial charge in [-0.25, -0.2) is 13.1 Å². The highest BCUT2D eigenvalue weighted by Crippen LogP contribution is 2.37. The fourth-order valence-corrected chi connectivity index (χ4v) is 4.24. The molecule has 0 radical (unpaired) electrons. The van der Waals surface area contributed by atoms with E-state index in [2.05, 4.69) is 4.72 Å². The molecule has 1 saturated carbocycles. The van der Waals surface area contributed by atoms with Crippen molar-refractivity contribution in [2.45, 2.75) is 37.5 Å². The molecule has 0 bridgehead atoms. The van der Waals surface area contributed by atoms with Crippen LogP contribution in [-0.2, 0) is 10.0 Å². The van der Waals surface area contributed by atoms with E-state index in [0.29, 0.717) is 5.75 Å². The van der Waals surface area contributed by atoms with Gasteiger partial charge in [0, 0.05) is 18.6 Å². The summed E-state index contributed by atoms with van der Waals surface area (Å²) in [5.74, 6) is 0.331. The van der Waals surface area contributed by atoms with Crippen molar-refractivity contribution in [1.82, 2.24) is 4.72 Å². The van der Waals surface area contributed by atoms with Crippen molar-refractivity contribution in [3.8, 4) is 5.75 Å². The number of aryl methyl sites for hydroxylation is 1. The van der Waals surface area contributed by atoms with E-state index in [0.717, 1.165) is 31.2 Å². The van der Waals surface area contributed by atoms with E-state index in [4.69, 9.17) is 4.74 Å². The van der Waals surface area contributed by atoms with Gasteiger partial charge in [-0.05, 0) is 37.5 Å². The predicted molar refractivity (Wildman–Crippen MR) is 80.9 cm³/mol. The molecule has 0 atom stereocenters. The van der Waals surface area contributed by atoms with E-state index in [1.165, 1.54) is 7.11 Å². The number of sulfonamides is 1.